The fraction of sp³-hybridized carbons (Fsp3) is 0.571. The minimum Gasteiger partial charge on any atom is -0.312 e. The Kier molecular flexibility index (Phi) is 5.15. The summed E-state index contributed by atoms with van der Waals surface area (Å²) in [6.07, 6.45) is 0.633. The van der Waals surface area contributed by atoms with Crippen LogP contribution in [-0.2, 0) is 17.8 Å². The third-order valence-corrected chi connectivity index (χ3v) is 3.14. The van der Waals surface area contributed by atoms with E-state index in [2.05, 4.69) is 13.8 Å². The molecule has 0 bridgehead atoms. The van der Waals surface area contributed by atoms with Gasteiger partial charge < -0.3 is 4.57 Å². The Morgan fingerprint density at radius 2 is 2.00 bits per heavy atom. The summed E-state index contributed by atoms with van der Waals surface area (Å²) < 4.78 is 1.78. The zero-order chi connectivity index (χ0) is 13.9. The summed E-state index contributed by atoms with van der Waals surface area (Å²) in [7, 11) is 0. The molecule has 18 heavy (non-hydrogen) atoms. The monoisotopic (exact) mass is 269 g/mol. The highest BCUT2D eigenvalue weighted by Crippen LogP contribution is 2.11. The molecule has 100 valence electrons. The maximum Gasteiger partial charge on any atom is 0.254 e. The smallest absolute Gasteiger partial charge is 0.254 e. The van der Waals surface area contributed by atoms with Crippen LogP contribution in [0.1, 0.15) is 37.1 Å². The molecular weight excluding hydrogens is 250 g/mol. The summed E-state index contributed by atoms with van der Waals surface area (Å²) in [4.78, 5) is 23.2. The lowest BCUT2D eigenvalue weighted by molar-refractivity contribution is -0.111. The summed E-state index contributed by atoms with van der Waals surface area (Å²) in [6, 6.07) is 2.00. The van der Waals surface area contributed by atoms with Gasteiger partial charge in [0, 0.05) is 24.2 Å². The predicted octanol–water partition coefficient (Wildman–Crippen LogP) is 2.82. The SMILES string of the molecule is Cc1cc(C)n(CC(C)C)c(=O)c1CCC(=O)Cl. The van der Waals surface area contributed by atoms with Gasteiger partial charge >= 0.3 is 0 Å². The Bertz CT molecular complexity index is 503. The van der Waals surface area contributed by atoms with Crippen molar-refractivity contribution in [1.29, 1.82) is 0 Å². The molecule has 1 aromatic rings. The van der Waals surface area contributed by atoms with Crippen LogP contribution in [0.5, 0.6) is 0 Å². The second kappa shape index (κ2) is 6.19. The van der Waals surface area contributed by atoms with Crippen molar-refractivity contribution in [3.8, 4) is 0 Å². The first-order valence-corrected chi connectivity index (χ1v) is 6.59. The van der Waals surface area contributed by atoms with E-state index in [4.69, 9.17) is 11.6 Å². The van der Waals surface area contributed by atoms with Gasteiger partial charge in [0.25, 0.3) is 5.56 Å². The molecule has 0 saturated heterocycles. The molecule has 0 aliphatic carbocycles. The van der Waals surface area contributed by atoms with Crippen LogP contribution in [0.4, 0.5) is 0 Å². The van der Waals surface area contributed by atoms with Gasteiger partial charge in [-0.2, -0.15) is 0 Å². The van der Waals surface area contributed by atoms with E-state index < -0.39 is 5.24 Å². The molecule has 0 unspecified atom stereocenters. The largest absolute Gasteiger partial charge is 0.312 e. The fourth-order valence-corrected chi connectivity index (χ4v) is 2.18. The number of rotatable bonds is 5. The highest BCUT2D eigenvalue weighted by molar-refractivity contribution is 6.63. The first-order chi connectivity index (χ1) is 8.32. The van der Waals surface area contributed by atoms with E-state index in [9.17, 15) is 9.59 Å². The standard InChI is InChI=1S/C14H20ClNO2/c1-9(2)8-16-11(4)7-10(3)12(14(16)18)5-6-13(15)17/h7,9H,5-6,8H2,1-4H3. The molecule has 1 rings (SSSR count). The van der Waals surface area contributed by atoms with E-state index in [1.807, 2.05) is 19.9 Å². The Morgan fingerprint density at radius 3 is 2.50 bits per heavy atom. The van der Waals surface area contributed by atoms with Crippen LogP contribution >= 0.6 is 11.6 Å². The van der Waals surface area contributed by atoms with Gasteiger partial charge in [-0.25, -0.2) is 0 Å². The molecule has 4 heteroatoms. The Labute approximate surface area is 113 Å². The van der Waals surface area contributed by atoms with E-state index in [-0.39, 0.29) is 12.0 Å². The summed E-state index contributed by atoms with van der Waals surface area (Å²) in [5.41, 5.74) is 2.62. The number of hydrogen-bond acceptors (Lipinski definition) is 2. The van der Waals surface area contributed by atoms with E-state index in [0.29, 0.717) is 24.4 Å². The van der Waals surface area contributed by atoms with Crippen molar-refractivity contribution < 1.29 is 4.79 Å². The second-order valence-corrected chi connectivity index (χ2v) is 5.53. The molecule has 1 aromatic heterocycles. The molecule has 0 radical (unpaired) electrons. The minimum absolute atomic E-state index is 0.0131. The summed E-state index contributed by atoms with van der Waals surface area (Å²) in [6.45, 7) is 8.70. The van der Waals surface area contributed by atoms with Crippen molar-refractivity contribution in [1.82, 2.24) is 4.57 Å². The number of carbonyl (C=O) groups excluding carboxylic acids is 1. The third-order valence-electron chi connectivity index (χ3n) is 2.95. The molecular formula is C14H20ClNO2. The number of hydrogen-bond donors (Lipinski definition) is 0. The van der Waals surface area contributed by atoms with Crippen LogP contribution in [0, 0.1) is 19.8 Å². The van der Waals surface area contributed by atoms with Crippen molar-refractivity contribution in [2.75, 3.05) is 0 Å². The van der Waals surface area contributed by atoms with Crippen molar-refractivity contribution in [2.45, 2.75) is 47.1 Å². The predicted molar refractivity (Wildman–Crippen MR) is 74.2 cm³/mol. The topological polar surface area (TPSA) is 39.1 Å². The van der Waals surface area contributed by atoms with Gasteiger partial charge in [-0.15, -0.1) is 0 Å². The zero-order valence-electron chi connectivity index (χ0n) is 11.4. The number of aromatic nitrogens is 1. The van der Waals surface area contributed by atoms with Crippen LogP contribution in [0.3, 0.4) is 0 Å². The second-order valence-electron chi connectivity index (χ2n) is 5.11. The molecule has 0 N–H and O–H groups in total. The van der Waals surface area contributed by atoms with Gasteiger partial charge in [0.05, 0.1) is 0 Å². The average Bonchev–Trinajstić information content (AvgIpc) is 2.23. The van der Waals surface area contributed by atoms with Gasteiger partial charge in [0.2, 0.25) is 5.24 Å². The van der Waals surface area contributed by atoms with E-state index >= 15 is 0 Å². The van der Waals surface area contributed by atoms with Gasteiger partial charge in [0.15, 0.2) is 0 Å². The quantitative estimate of drug-likeness (QED) is 0.771. The average molecular weight is 270 g/mol. The molecule has 0 aromatic carbocycles. The number of halogens is 1. The van der Waals surface area contributed by atoms with E-state index in [1.54, 1.807) is 4.57 Å². The van der Waals surface area contributed by atoms with Crippen molar-refractivity contribution in [3.63, 3.8) is 0 Å². The molecule has 3 nitrogen and oxygen atoms in total. The Balaban J connectivity index is 3.18. The van der Waals surface area contributed by atoms with Crippen molar-refractivity contribution in [3.05, 3.63) is 33.2 Å². The lowest BCUT2D eigenvalue weighted by Crippen LogP contribution is -2.28. The van der Waals surface area contributed by atoms with Crippen LogP contribution in [0.25, 0.3) is 0 Å². The highest BCUT2D eigenvalue weighted by atomic mass is 35.5. The number of carbonyl (C=O) groups is 1. The molecule has 0 aliphatic heterocycles. The van der Waals surface area contributed by atoms with Crippen molar-refractivity contribution >= 4 is 16.8 Å². The summed E-state index contributed by atoms with van der Waals surface area (Å²) >= 11 is 5.34. The molecule has 0 fully saturated rings. The van der Waals surface area contributed by atoms with Gasteiger partial charge in [-0.3, -0.25) is 9.59 Å². The highest BCUT2D eigenvalue weighted by Gasteiger charge is 2.12. The van der Waals surface area contributed by atoms with E-state index in [1.165, 1.54) is 0 Å². The number of nitrogens with zero attached hydrogens (tertiary/aromatic N) is 1. The normalized spacial score (nSPS) is 11.0. The molecule has 0 amide bonds. The van der Waals surface area contributed by atoms with Crippen LogP contribution in [0.2, 0.25) is 0 Å². The maximum absolute atomic E-state index is 12.4. The zero-order valence-corrected chi connectivity index (χ0v) is 12.2. The van der Waals surface area contributed by atoms with Crippen LogP contribution < -0.4 is 5.56 Å². The number of pyridine rings is 1. The summed E-state index contributed by atoms with van der Waals surface area (Å²) in [5, 5.41) is -0.398. The van der Waals surface area contributed by atoms with Gasteiger partial charge in [-0.1, -0.05) is 13.8 Å². The van der Waals surface area contributed by atoms with Crippen LogP contribution in [-0.4, -0.2) is 9.81 Å². The van der Waals surface area contributed by atoms with Gasteiger partial charge in [-0.05, 0) is 49.4 Å². The molecule has 1 heterocycles. The molecule has 0 atom stereocenters. The van der Waals surface area contributed by atoms with Gasteiger partial charge in [0.1, 0.15) is 0 Å². The summed E-state index contributed by atoms with van der Waals surface area (Å²) in [5.74, 6) is 0.409. The fourth-order valence-electron chi connectivity index (χ4n) is 2.09. The minimum atomic E-state index is -0.398. The third kappa shape index (κ3) is 3.70. The Hall–Kier alpha value is -1.09. The molecule has 0 aliphatic rings. The van der Waals surface area contributed by atoms with E-state index in [0.717, 1.165) is 11.3 Å². The first-order valence-electron chi connectivity index (χ1n) is 6.21. The first kappa shape index (κ1) is 15.0. The maximum atomic E-state index is 12.4. The lowest BCUT2D eigenvalue weighted by atomic mass is 10.0. The lowest BCUT2D eigenvalue weighted by Gasteiger charge is -2.16. The van der Waals surface area contributed by atoms with Crippen molar-refractivity contribution in [2.24, 2.45) is 5.92 Å². The molecule has 0 spiro atoms. The Morgan fingerprint density at radius 1 is 1.39 bits per heavy atom. The number of aryl methyl sites for hydroxylation is 2. The van der Waals surface area contributed by atoms with Crippen LogP contribution in [0.15, 0.2) is 10.9 Å². The molecule has 0 saturated carbocycles.